The Morgan fingerprint density at radius 1 is 0.903 bits per heavy atom. The fraction of sp³-hybridized carbons (Fsp3) is 0.810. The summed E-state index contributed by atoms with van der Waals surface area (Å²) >= 11 is 0. The van der Waals surface area contributed by atoms with E-state index in [9.17, 15) is 29.4 Å². The molecule has 178 valence electrons. The van der Waals surface area contributed by atoms with Gasteiger partial charge in [-0.25, -0.2) is 4.79 Å². The molecule has 1 aliphatic rings. The molecule has 10 heteroatoms. The molecule has 0 saturated carbocycles. The third-order valence-electron chi connectivity index (χ3n) is 5.10. The van der Waals surface area contributed by atoms with Gasteiger partial charge in [0, 0.05) is 0 Å². The number of aliphatic hydroxyl groups is 1. The Balaban J connectivity index is 2.88. The Morgan fingerprint density at radius 3 is 1.90 bits per heavy atom. The summed E-state index contributed by atoms with van der Waals surface area (Å²) in [6.45, 7) is 9.54. The van der Waals surface area contributed by atoms with Gasteiger partial charge in [-0.3, -0.25) is 14.4 Å². The first-order valence-corrected chi connectivity index (χ1v) is 11.0. The summed E-state index contributed by atoms with van der Waals surface area (Å²) in [5.74, 6) is -2.74. The Morgan fingerprint density at radius 2 is 1.45 bits per heavy atom. The number of hydrogen-bond donors (Lipinski definition) is 6. The zero-order chi connectivity index (χ0) is 23.7. The van der Waals surface area contributed by atoms with Crippen molar-refractivity contribution >= 4 is 23.7 Å². The molecule has 1 heterocycles. The number of aliphatic carboxylic acids is 1. The van der Waals surface area contributed by atoms with E-state index in [0.29, 0.717) is 13.0 Å². The van der Waals surface area contributed by atoms with Crippen LogP contribution in [0.2, 0.25) is 0 Å². The lowest BCUT2D eigenvalue weighted by Crippen LogP contribution is -2.59. The largest absolute Gasteiger partial charge is 0.480 e. The normalized spacial score (nSPS) is 20.1. The number of amides is 3. The minimum absolute atomic E-state index is 0.0340. The van der Waals surface area contributed by atoms with Crippen LogP contribution in [-0.4, -0.2) is 70.7 Å². The Kier molecular flexibility index (Phi) is 10.9. The average Bonchev–Trinajstić information content (AvgIpc) is 3.18. The van der Waals surface area contributed by atoms with Crippen LogP contribution >= 0.6 is 0 Å². The van der Waals surface area contributed by atoms with E-state index in [1.165, 1.54) is 6.92 Å². The van der Waals surface area contributed by atoms with Crippen LogP contribution in [0.5, 0.6) is 0 Å². The maximum absolute atomic E-state index is 12.8. The molecular weight excluding hydrogens is 404 g/mol. The highest BCUT2D eigenvalue weighted by Gasteiger charge is 2.33. The molecule has 5 atom stereocenters. The fourth-order valence-corrected chi connectivity index (χ4v) is 3.50. The van der Waals surface area contributed by atoms with Gasteiger partial charge in [0.05, 0.1) is 12.1 Å². The SMILES string of the molecule is CC(C)CC(NC(=O)C(CC(C)C)NC(=O)C(NC(=O)C1CCCN1)C(C)O)C(=O)O. The van der Waals surface area contributed by atoms with Crippen molar-refractivity contribution in [2.75, 3.05) is 6.54 Å². The van der Waals surface area contributed by atoms with Crippen LogP contribution in [-0.2, 0) is 19.2 Å². The lowest BCUT2D eigenvalue weighted by molar-refractivity contribution is -0.143. The third-order valence-corrected chi connectivity index (χ3v) is 5.10. The van der Waals surface area contributed by atoms with Crippen LogP contribution in [0.3, 0.4) is 0 Å². The number of nitrogens with one attached hydrogen (secondary N) is 4. The monoisotopic (exact) mass is 442 g/mol. The number of hydrogen-bond acceptors (Lipinski definition) is 6. The molecule has 3 amide bonds. The Labute approximate surface area is 183 Å². The Hall–Kier alpha value is -2.20. The number of carbonyl (C=O) groups is 4. The van der Waals surface area contributed by atoms with Crippen molar-refractivity contribution in [3.63, 3.8) is 0 Å². The molecule has 1 aliphatic heterocycles. The molecule has 0 bridgehead atoms. The van der Waals surface area contributed by atoms with Crippen molar-refractivity contribution in [3.8, 4) is 0 Å². The molecule has 31 heavy (non-hydrogen) atoms. The maximum atomic E-state index is 12.8. The number of aliphatic hydroxyl groups excluding tert-OH is 1. The third kappa shape index (κ3) is 9.22. The van der Waals surface area contributed by atoms with Crippen molar-refractivity contribution in [3.05, 3.63) is 0 Å². The van der Waals surface area contributed by atoms with E-state index in [1.807, 2.05) is 27.7 Å². The molecular formula is C21H38N4O6. The summed E-state index contributed by atoms with van der Waals surface area (Å²) in [4.78, 5) is 49.5. The quantitative estimate of drug-likeness (QED) is 0.243. The summed E-state index contributed by atoms with van der Waals surface area (Å²) in [6, 6.07) is -3.72. The highest BCUT2D eigenvalue weighted by atomic mass is 16.4. The molecule has 10 nitrogen and oxygen atoms in total. The molecule has 0 aromatic rings. The van der Waals surface area contributed by atoms with E-state index in [1.54, 1.807) is 0 Å². The molecule has 1 saturated heterocycles. The molecule has 1 fully saturated rings. The number of rotatable bonds is 12. The highest BCUT2D eigenvalue weighted by molar-refractivity contribution is 5.94. The van der Waals surface area contributed by atoms with Crippen LogP contribution in [0.4, 0.5) is 0 Å². The van der Waals surface area contributed by atoms with Gasteiger partial charge in [0.15, 0.2) is 0 Å². The summed E-state index contributed by atoms with van der Waals surface area (Å²) < 4.78 is 0. The molecule has 0 aromatic carbocycles. The minimum atomic E-state index is -1.23. The number of carboxylic acids is 1. The van der Waals surface area contributed by atoms with E-state index >= 15 is 0 Å². The number of carboxylic acid groups (broad SMARTS) is 1. The summed E-state index contributed by atoms with van der Waals surface area (Å²) in [7, 11) is 0. The van der Waals surface area contributed by atoms with Crippen molar-refractivity contribution < 1.29 is 29.4 Å². The van der Waals surface area contributed by atoms with Gasteiger partial charge >= 0.3 is 5.97 Å². The van der Waals surface area contributed by atoms with Crippen LogP contribution in [0, 0.1) is 11.8 Å². The van der Waals surface area contributed by atoms with Crippen molar-refractivity contribution in [1.82, 2.24) is 21.3 Å². The predicted octanol–water partition coefficient (Wildman–Crippen LogP) is -0.250. The second-order valence-corrected chi connectivity index (χ2v) is 9.10. The van der Waals surface area contributed by atoms with Crippen molar-refractivity contribution in [1.29, 1.82) is 0 Å². The van der Waals surface area contributed by atoms with E-state index in [0.717, 1.165) is 6.42 Å². The van der Waals surface area contributed by atoms with Gasteiger partial charge in [-0.2, -0.15) is 0 Å². The summed E-state index contributed by atoms with van der Waals surface area (Å²) in [5, 5.41) is 30.1. The lowest BCUT2D eigenvalue weighted by atomic mass is 10.00. The smallest absolute Gasteiger partial charge is 0.326 e. The van der Waals surface area contributed by atoms with E-state index in [2.05, 4.69) is 21.3 Å². The zero-order valence-electron chi connectivity index (χ0n) is 19.1. The van der Waals surface area contributed by atoms with E-state index < -0.39 is 48.1 Å². The first-order valence-electron chi connectivity index (χ1n) is 11.0. The van der Waals surface area contributed by atoms with Gasteiger partial charge in [-0.1, -0.05) is 27.7 Å². The van der Waals surface area contributed by atoms with Crippen LogP contribution < -0.4 is 21.3 Å². The van der Waals surface area contributed by atoms with Gasteiger partial charge < -0.3 is 31.5 Å². The van der Waals surface area contributed by atoms with Crippen LogP contribution in [0.15, 0.2) is 0 Å². The predicted molar refractivity (Wildman–Crippen MR) is 115 cm³/mol. The average molecular weight is 443 g/mol. The number of carbonyl (C=O) groups excluding carboxylic acids is 3. The second-order valence-electron chi connectivity index (χ2n) is 9.10. The molecule has 6 N–H and O–H groups in total. The lowest BCUT2D eigenvalue weighted by Gasteiger charge is -2.27. The van der Waals surface area contributed by atoms with Gasteiger partial charge in [0.2, 0.25) is 17.7 Å². The Bertz CT molecular complexity index is 631. The highest BCUT2D eigenvalue weighted by Crippen LogP contribution is 2.10. The topological polar surface area (TPSA) is 157 Å². The van der Waals surface area contributed by atoms with Gasteiger partial charge in [0.25, 0.3) is 0 Å². The first-order chi connectivity index (χ1) is 14.4. The molecule has 1 rings (SSSR count). The first kappa shape index (κ1) is 26.8. The zero-order valence-corrected chi connectivity index (χ0v) is 19.1. The summed E-state index contributed by atoms with van der Waals surface area (Å²) in [5.41, 5.74) is 0. The summed E-state index contributed by atoms with van der Waals surface area (Å²) in [6.07, 6.45) is 0.841. The van der Waals surface area contributed by atoms with Gasteiger partial charge in [0.1, 0.15) is 18.1 Å². The van der Waals surface area contributed by atoms with Crippen LogP contribution in [0.25, 0.3) is 0 Å². The fourth-order valence-electron chi connectivity index (χ4n) is 3.50. The molecule has 0 spiro atoms. The molecule has 0 radical (unpaired) electrons. The van der Waals surface area contributed by atoms with Crippen LogP contribution in [0.1, 0.15) is 60.3 Å². The standard InChI is InChI=1S/C21H38N4O6/c1-11(2)9-15(19(28)24-16(21(30)31)10-12(3)4)23-20(29)17(13(5)26)25-18(27)14-7-6-8-22-14/h11-17,22,26H,6-10H2,1-5H3,(H,23,29)(H,24,28)(H,25,27)(H,30,31). The molecule has 5 unspecified atom stereocenters. The van der Waals surface area contributed by atoms with Gasteiger partial charge in [-0.05, 0) is 51.0 Å². The molecule has 0 aromatic heterocycles. The van der Waals surface area contributed by atoms with Crippen molar-refractivity contribution in [2.45, 2.75) is 90.6 Å². The van der Waals surface area contributed by atoms with Crippen molar-refractivity contribution in [2.24, 2.45) is 11.8 Å². The maximum Gasteiger partial charge on any atom is 0.326 e. The molecule has 0 aliphatic carbocycles. The van der Waals surface area contributed by atoms with E-state index in [4.69, 9.17) is 0 Å². The second kappa shape index (κ2) is 12.6. The minimum Gasteiger partial charge on any atom is -0.480 e. The van der Waals surface area contributed by atoms with E-state index in [-0.39, 0.29) is 30.6 Å². The van der Waals surface area contributed by atoms with Gasteiger partial charge in [-0.15, -0.1) is 0 Å².